The summed E-state index contributed by atoms with van der Waals surface area (Å²) in [4.78, 5) is 0. The third-order valence-corrected chi connectivity index (χ3v) is 2.67. The van der Waals surface area contributed by atoms with E-state index in [0.29, 0.717) is 5.69 Å². The summed E-state index contributed by atoms with van der Waals surface area (Å²) in [7, 11) is 0. The van der Waals surface area contributed by atoms with Gasteiger partial charge in [0.15, 0.2) is 0 Å². The highest BCUT2D eigenvalue weighted by Crippen LogP contribution is 2.28. The molecule has 0 unspecified atom stereocenters. The number of hydrogen-bond donors (Lipinski definition) is 2. The molecule has 80 valence electrons. The largest absolute Gasteiger partial charge is 0.396 e. The predicted octanol–water partition coefficient (Wildman–Crippen LogP) is 3.92. The second kappa shape index (κ2) is 5.61. The molecule has 3 N–H and O–H groups in total. The SMILES string of the molecule is C=C/C(=C\CC)Nc1cccc(Br)c1N. The zero-order chi connectivity index (χ0) is 11.3. The van der Waals surface area contributed by atoms with Gasteiger partial charge in [0, 0.05) is 10.2 Å². The van der Waals surface area contributed by atoms with E-state index in [4.69, 9.17) is 5.73 Å². The molecule has 15 heavy (non-hydrogen) atoms. The Balaban J connectivity index is 2.93. The Morgan fingerprint density at radius 2 is 2.33 bits per heavy atom. The van der Waals surface area contributed by atoms with Gasteiger partial charge in [-0.2, -0.15) is 0 Å². The summed E-state index contributed by atoms with van der Waals surface area (Å²) >= 11 is 3.39. The number of allylic oxidation sites excluding steroid dienone is 2. The Bertz CT molecular complexity index is 383. The second-order valence-electron chi connectivity index (χ2n) is 3.10. The number of nitrogens with one attached hydrogen (secondary N) is 1. The van der Waals surface area contributed by atoms with Crippen molar-refractivity contribution in [2.45, 2.75) is 13.3 Å². The average molecular weight is 267 g/mol. The van der Waals surface area contributed by atoms with Crippen LogP contribution in [0, 0.1) is 0 Å². The molecule has 0 heterocycles. The van der Waals surface area contributed by atoms with Gasteiger partial charge < -0.3 is 11.1 Å². The second-order valence-corrected chi connectivity index (χ2v) is 3.95. The standard InChI is InChI=1S/C12H15BrN2/c1-3-6-9(4-2)15-11-8-5-7-10(13)12(11)14/h4-8,15H,2-3,14H2,1H3/b9-6+. The van der Waals surface area contributed by atoms with Crippen molar-refractivity contribution < 1.29 is 0 Å². The molecule has 0 saturated heterocycles. The van der Waals surface area contributed by atoms with Gasteiger partial charge in [0.05, 0.1) is 11.4 Å². The van der Waals surface area contributed by atoms with Crippen LogP contribution in [-0.2, 0) is 0 Å². The van der Waals surface area contributed by atoms with E-state index in [9.17, 15) is 0 Å². The number of nitrogen functional groups attached to an aromatic ring is 1. The lowest BCUT2D eigenvalue weighted by Gasteiger charge is -2.10. The third kappa shape index (κ3) is 3.13. The van der Waals surface area contributed by atoms with Crippen molar-refractivity contribution in [2.75, 3.05) is 11.1 Å². The number of hydrogen-bond acceptors (Lipinski definition) is 2. The van der Waals surface area contributed by atoms with Crippen LogP contribution in [0.3, 0.4) is 0 Å². The summed E-state index contributed by atoms with van der Waals surface area (Å²) in [6.07, 6.45) is 4.81. The maximum absolute atomic E-state index is 5.91. The number of nitrogens with two attached hydrogens (primary N) is 1. The first-order valence-corrected chi connectivity index (χ1v) is 5.62. The molecule has 1 aromatic carbocycles. The molecule has 0 bridgehead atoms. The van der Waals surface area contributed by atoms with Gasteiger partial charge in [0.1, 0.15) is 0 Å². The average Bonchev–Trinajstić information content (AvgIpc) is 2.24. The summed E-state index contributed by atoms with van der Waals surface area (Å²) < 4.78 is 0.896. The van der Waals surface area contributed by atoms with Crippen molar-refractivity contribution in [3.05, 3.63) is 47.1 Å². The Morgan fingerprint density at radius 1 is 1.60 bits per heavy atom. The van der Waals surface area contributed by atoms with E-state index >= 15 is 0 Å². The first-order valence-electron chi connectivity index (χ1n) is 4.82. The van der Waals surface area contributed by atoms with E-state index in [-0.39, 0.29) is 0 Å². The van der Waals surface area contributed by atoms with Crippen LogP contribution >= 0.6 is 15.9 Å². The van der Waals surface area contributed by atoms with E-state index < -0.39 is 0 Å². The van der Waals surface area contributed by atoms with E-state index in [2.05, 4.69) is 40.8 Å². The Morgan fingerprint density at radius 3 is 2.93 bits per heavy atom. The van der Waals surface area contributed by atoms with Gasteiger partial charge in [-0.15, -0.1) is 0 Å². The lowest BCUT2D eigenvalue weighted by molar-refractivity contribution is 1.20. The molecule has 0 aliphatic heterocycles. The van der Waals surface area contributed by atoms with Crippen LogP contribution in [0.25, 0.3) is 0 Å². The Kier molecular flexibility index (Phi) is 4.43. The molecule has 0 fully saturated rings. The van der Waals surface area contributed by atoms with Crippen LogP contribution in [0.2, 0.25) is 0 Å². The highest BCUT2D eigenvalue weighted by Gasteiger charge is 2.02. The number of para-hydroxylation sites is 1. The third-order valence-electron chi connectivity index (χ3n) is 1.98. The molecule has 0 amide bonds. The summed E-state index contributed by atoms with van der Waals surface area (Å²) in [5.41, 5.74) is 8.49. The molecular formula is C12H15BrN2. The minimum atomic E-state index is 0.710. The molecule has 1 aromatic rings. The number of benzene rings is 1. The Labute approximate surface area is 99.0 Å². The fourth-order valence-electron chi connectivity index (χ4n) is 1.21. The van der Waals surface area contributed by atoms with Gasteiger partial charge >= 0.3 is 0 Å². The van der Waals surface area contributed by atoms with E-state index in [1.54, 1.807) is 6.08 Å². The van der Waals surface area contributed by atoms with Crippen molar-refractivity contribution in [2.24, 2.45) is 0 Å². The normalized spacial score (nSPS) is 11.2. The zero-order valence-corrected chi connectivity index (χ0v) is 10.3. The minimum absolute atomic E-state index is 0.710. The van der Waals surface area contributed by atoms with Crippen molar-refractivity contribution >= 4 is 27.3 Å². The molecule has 0 radical (unpaired) electrons. The molecular weight excluding hydrogens is 252 g/mol. The van der Waals surface area contributed by atoms with Crippen LogP contribution < -0.4 is 11.1 Å². The molecule has 3 heteroatoms. The lowest BCUT2D eigenvalue weighted by atomic mass is 10.2. The molecule has 0 aliphatic rings. The van der Waals surface area contributed by atoms with Gasteiger partial charge in [0.2, 0.25) is 0 Å². The van der Waals surface area contributed by atoms with Crippen LogP contribution in [0.1, 0.15) is 13.3 Å². The predicted molar refractivity (Wildman–Crippen MR) is 70.7 cm³/mol. The van der Waals surface area contributed by atoms with Crippen LogP contribution in [0.5, 0.6) is 0 Å². The highest BCUT2D eigenvalue weighted by atomic mass is 79.9. The highest BCUT2D eigenvalue weighted by molar-refractivity contribution is 9.10. The van der Waals surface area contributed by atoms with E-state index in [1.165, 1.54) is 0 Å². The maximum Gasteiger partial charge on any atom is 0.0697 e. The lowest BCUT2D eigenvalue weighted by Crippen LogP contribution is -2.00. The topological polar surface area (TPSA) is 38.0 Å². The quantitative estimate of drug-likeness (QED) is 0.641. The van der Waals surface area contributed by atoms with Crippen molar-refractivity contribution in [1.29, 1.82) is 0 Å². The number of halogens is 1. The molecule has 1 rings (SSSR count). The summed E-state index contributed by atoms with van der Waals surface area (Å²) in [5, 5.41) is 3.23. The first kappa shape index (κ1) is 11.9. The molecule has 2 nitrogen and oxygen atoms in total. The smallest absolute Gasteiger partial charge is 0.0697 e. The maximum atomic E-state index is 5.91. The Hall–Kier alpha value is -1.22. The molecule has 0 atom stereocenters. The monoisotopic (exact) mass is 266 g/mol. The van der Waals surface area contributed by atoms with E-state index in [1.807, 2.05) is 18.2 Å². The van der Waals surface area contributed by atoms with Crippen molar-refractivity contribution in [3.63, 3.8) is 0 Å². The van der Waals surface area contributed by atoms with Crippen LogP contribution in [0.4, 0.5) is 11.4 Å². The van der Waals surface area contributed by atoms with Crippen molar-refractivity contribution in [3.8, 4) is 0 Å². The van der Waals surface area contributed by atoms with Gasteiger partial charge in [-0.1, -0.05) is 25.6 Å². The number of rotatable bonds is 4. The minimum Gasteiger partial charge on any atom is -0.396 e. The molecule has 0 aromatic heterocycles. The fraction of sp³-hybridized carbons (Fsp3) is 0.167. The molecule has 0 saturated carbocycles. The van der Waals surface area contributed by atoms with Gasteiger partial charge in [-0.25, -0.2) is 0 Å². The molecule has 0 spiro atoms. The number of anilines is 2. The first-order chi connectivity index (χ1) is 7.19. The van der Waals surface area contributed by atoms with E-state index in [0.717, 1.165) is 22.3 Å². The van der Waals surface area contributed by atoms with Gasteiger partial charge in [-0.05, 0) is 40.6 Å². The summed E-state index contributed by atoms with van der Waals surface area (Å²) in [6.45, 7) is 5.82. The van der Waals surface area contributed by atoms with Gasteiger partial charge in [0.25, 0.3) is 0 Å². The van der Waals surface area contributed by atoms with Crippen LogP contribution in [-0.4, -0.2) is 0 Å². The summed E-state index contributed by atoms with van der Waals surface area (Å²) in [6, 6.07) is 5.79. The van der Waals surface area contributed by atoms with Crippen LogP contribution in [0.15, 0.2) is 47.1 Å². The summed E-state index contributed by atoms with van der Waals surface area (Å²) in [5.74, 6) is 0. The fourth-order valence-corrected chi connectivity index (χ4v) is 1.57. The molecule has 0 aliphatic carbocycles. The zero-order valence-electron chi connectivity index (χ0n) is 8.76. The van der Waals surface area contributed by atoms with Crippen molar-refractivity contribution in [1.82, 2.24) is 0 Å². The van der Waals surface area contributed by atoms with Gasteiger partial charge in [-0.3, -0.25) is 0 Å².